The number of hydrogen-bond donors (Lipinski definition) is 1. The lowest BCUT2D eigenvalue weighted by atomic mass is 9.96. The summed E-state index contributed by atoms with van der Waals surface area (Å²) in [5, 5.41) is 2.59. The van der Waals surface area contributed by atoms with Gasteiger partial charge in [-0.05, 0) is 32.1 Å². The van der Waals surface area contributed by atoms with Crippen LogP contribution in [0.15, 0.2) is 30.5 Å². The van der Waals surface area contributed by atoms with E-state index in [1.165, 1.54) is 12.3 Å². The molecule has 1 N–H and O–H groups in total. The molecule has 19 heavy (non-hydrogen) atoms. The minimum Gasteiger partial charge on any atom is -0.496 e. The third-order valence-electron chi connectivity index (χ3n) is 2.92. The lowest BCUT2D eigenvalue weighted by Gasteiger charge is -2.32. The Labute approximate surface area is 110 Å². The third kappa shape index (κ3) is 3.10. The normalized spacial score (nSPS) is 20.7. The molecule has 0 spiro atoms. The van der Waals surface area contributed by atoms with Crippen LogP contribution in [0, 0.1) is 11.6 Å². The maximum absolute atomic E-state index is 13.5. The van der Waals surface area contributed by atoms with Crippen LogP contribution in [0.25, 0.3) is 0 Å². The molecule has 0 aliphatic carbocycles. The van der Waals surface area contributed by atoms with Crippen molar-refractivity contribution in [3.8, 4) is 0 Å². The van der Waals surface area contributed by atoms with Crippen molar-refractivity contribution in [2.75, 3.05) is 0 Å². The summed E-state index contributed by atoms with van der Waals surface area (Å²) in [4.78, 5) is 11.9. The second kappa shape index (κ2) is 4.99. The number of amides is 1. The van der Waals surface area contributed by atoms with Gasteiger partial charge in [0.05, 0.1) is 12.3 Å². The van der Waals surface area contributed by atoms with Crippen LogP contribution >= 0.6 is 0 Å². The van der Waals surface area contributed by atoms with Gasteiger partial charge in [0, 0.05) is 6.42 Å². The molecule has 1 aliphatic heterocycles. The standard InChI is InChI=1S/C14H15F2NO2/c1-14(2)8-9(6-7-19-14)17-13(18)12-10(15)4-3-5-11(12)16/h3-7,9H,8H2,1-2H3,(H,17,18). The number of nitrogens with one attached hydrogen (secondary N) is 1. The van der Waals surface area contributed by atoms with Crippen molar-refractivity contribution in [3.63, 3.8) is 0 Å². The largest absolute Gasteiger partial charge is 0.496 e. The van der Waals surface area contributed by atoms with Gasteiger partial charge in [-0.25, -0.2) is 8.78 Å². The van der Waals surface area contributed by atoms with E-state index >= 15 is 0 Å². The third-order valence-corrected chi connectivity index (χ3v) is 2.92. The van der Waals surface area contributed by atoms with Crippen molar-refractivity contribution >= 4 is 5.91 Å². The Bertz CT molecular complexity index is 506. The van der Waals surface area contributed by atoms with Gasteiger partial charge >= 0.3 is 0 Å². The summed E-state index contributed by atoms with van der Waals surface area (Å²) >= 11 is 0. The summed E-state index contributed by atoms with van der Waals surface area (Å²) in [6.45, 7) is 3.75. The molecule has 0 saturated carbocycles. The molecule has 1 atom stereocenters. The fourth-order valence-electron chi connectivity index (χ4n) is 2.02. The second-order valence-corrected chi connectivity index (χ2v) is 5.09. The molecule has 1 aliphatic rings. The Balaban J connectivity index is 2.14. The van der Waals surface area contributed by atoms with E-state index in [1.807, 2.05) is 13.8 Å². The molecule has 0 bridgehead atoms. The van der Waals surface area contributed by atoms with Gasteiger partial charge in [0.25, 0.3) is 5.91 Å². The van der Waals surface area contributed by atoms with Crippen LogP contribution < -0.4 is 5.32 Å². The van der Waals surface area contributed by atoms with Gasteiger partial charge in [-0.3, -0.25) is 4.79 Å². The predicted octanol–water partition coefficient (Wildman–Crippen LogP) is 2.78. The van der Waals surface area contributed by atoms with E-state index in [0.717, 1.165) is 12.1 Å². The molecule has 1 unspecified atom stereocenters. The molecule has 0 saturated heterocycles. The number of carbonyl (C=O) groups excluding carboxylic acids is 1. The zero-order valence-electron chi connectivity index (χ0n) is 10.7. The van der Waals surface area contributed by atoms with E-state index in [-0.39, 0.29) is 6.04 Å². The number of hydrogen-bond acceptors (Lipinski definition) is 2. The van der Waals surface area contributed by atoms with Crippen LogP contribution in [-0.2, 0) is 4.74 Å². The minimum absolute atomic E-state index is 0.310. The van der Waals surface area contributed by atoms with E-state index in [4.69, 9.17) is 4.74 Å². The first-order chi connectivity index (χ1) is 8.89. The molecule has 0 fully saturated rings. The van der Waals surface area contributed by atoms with Gasteiger partial charge in [-0.2, -0.15) is 0 Å². The summed E-state index contributed by atoms with van der Waals surface area (Å²) < 4.78 is 32.3. The number of carbonyl (C=O) groups is 1. The van der Waals surface area contributed by atoms with E-state index in [2.05, 4.69) is 5.32 Å². The van der Waals surface area contributed by atoms with E-state index < -0.39 is 28.7 Å². The highest BCUT2D eigenvalue weighted by Gasteiger charge is 2.28. The lowest BCUT2D eigenvalue weighted by molar-refractivity contribution is 0.0302. The van der Waals surface area contributed by atoms with Crippen LogP contribution in [0.4, 0.5) is 8.78 Å². The number of ether oxygens (including phenoxy) is 1. The zero-order chi connectivity index (χ0) is 14.0. The fraction of sp³-hybridized carbons (Fsp3) is 0.357. The Morgan fingerprint density at radius 3 is 2.58 bits per heavy atom. The van der Waals surface area contributed by atoms with Crippen molar-refractivity contribution in [2.45, 2.75) is 31.9 Å². The molecule has 2 rings (SSSR count). The average Bonchev–Trinajstić information content (AvgIpc) is 2.27. The Morgan fingerprint density at radius 2 is 2.00 bits per heavy atom. The quantitative estimate of drug-likeness (QED) is 0.894. The summed E-state index contributed by atoms with van der Waals surface area (Å²) in [5.41, 5.74) is -0.972. The van der Waals surface area contributed by atoms with Gasteiger partial charge < -0.3 is 10.1 Å². The van der Waals surface area contributed by atoms with Crippen LogP contribution in [0.3, 0.4) is 0 Å². The minimum atomic E-state index is -0.868. The summed E-state index contributed by atoms with van der Waals surface area (Å²) in [6, 6.07) is 3.03. The van der Waals surface area contributed by atoms with Crippen LogP contribution in [0.5, 0.6) is 0 Å². The zero-order valence-corrected chi connectivity index (χ0v) is 10.7. The molecule has 0 radical (unpaired) electrons. The predicted molar refractivity (Wildman–Crippen MR) is 66.5 cm³/mol. The summed E-state index contributed by atoms with van der Waals surface area (Å²) in [6.07, 6.45) is 3.68. The maximum Gasteiger partial charge on any atom is 0.257 e. The lowest BCUT2D eigenvalue weighted by Crippen LogP contribution is -2.42. The molecular weight excluding hydrogens is 252 g/mol. The average molecular weight is 267 g/mol. The smallest absolute Gasteiger partial charge is 0.257 e. The van der Waals surface area contributed by atoms with Crippen molar-refractivity contribution in [2.24, 2.45) is 0 Å². The highest BCUT2D eigenvalue weighted by atomic mass is 19.1. The summed E-state index contributed by atoms with van der Waals surface area (Å²) in [5.74, 6) is -2.50. The Morgan fingerprint density at radius 1 is 1.37 bits per heavy atom. The van der Waals surface area contributed by atoms with E-state index in [0.29, 0.717) is 6.42 Å². The number of halogens is 2. The highest BCUT2D eigenvalue weighted by Crippen LogP contribution is 2.22. The Hall–Kier alpha value is -1.91. The van der Waals surface area contributed by atoms with Crippen molar-refractivity contribution in [1.82, 2.24) is 5.32 Å². The molecule has 0 aromatic heterocycles. The first kappa shape index (κ1) is 13.5. The fourth-order valence-corrected chi connectivity index (χ4v) is 2.02. The molecule has 3 nitrogen and oxygen atoms in total. The second-order valence-electron chi connectivity index (χ2n) is 5.09. The first-order valence-electron chi connectivity index (χ1n) is 5.98. The van der Waals surface area contributed by atoms with Crippen LogP contribution in [0.2, 0.25) is 0 Å². The topological polar surface area (TPSA) is 38.3 Å². The molecule has 5 heteroatoms. The van der Waals surface area contributed by atoms with Crippen molar-refractivity contribution < 1.29 is 18.3 Å². The molecule has 1 aromatic carbocycles. The van der Waals surface area contributed by atoms with E-state index in [1.54, 1.807) is 6.08 Å². The van der Waals surface area contributed by atoms with Gasteiger partial charge in [0.2, 0.25) is 0 Å². The van der Waals surface area contributed by atoms with Crippen molar-refractivity contribution in [1.29, 1.82) is 0 Å². The van der Waals surface area contributed by atoms with Crippen molar-refractivity contribution in [3.05, 3.63) is 47.7 Å². The van der Waals surface area contributed by atoms with Gasteiger partial charge in [-0.15, -0.1) is 0 Å². The summed E-state index contributed by atoms with van der Waals surface area (Å²) in [7, 11) is 0. The molecule has 102 valence electrons. The van der Waals surface area contributed by atoms with Crippen LogP contribution in [0.1, 0.15) is 30.6 Å². The highest BCUT2D eigenvalue weighted by molar-refractivity contribution is 5.95. The molecular formula is C14H15F2NO2. The monoisotopic (exact) mass is 267 g/mol. The first-order valence-corrected chi connectivity index (χ1v) is 5.98. The van der Waals surface area contributed by atoms with Gasteiger partial charge in [-0.1, -0.05) is 6.07 Å². The van der Waals surface area contributed by atoms with Crippen LogP contribution in [-0.4, -0.2) is 17.6 Å². The molecule has 1 heterocycles. The van der Waals surface area contributed by atoms with Gasteiger partial charge in [0.15, 0.2) is 0 Å². The maximum atomic E-state index is 13.5. The van der Waals surface area contributed by atoms with Gasteiger partial charge in [0.1, 0.15) is 22.8 Å². The van der Waals surface area contributed by atoms with E-state index in [9.17, 15) is 13.6 Å². The SMILES string of the molecule is CC1(C)CC(NC(=O)c2c(F)cccc2F)C=CO1. The molecule has 1 aromatic rings. The number of rotatable bonds is 2. The Kier molecular flexibility index (Phi) is 3.55. The molecule has 1 amide bonds. The number of benzene rings is 1.